The zero-order valence-corrected chi connectivity index (χ0v) is 10.9. The van der Waals surface area contributed by atoms with E-state index in [1.807, 2.05) is 11.6 Å². The SMILES string of the molecule is Cn1c(CC2CCNCC2)nc2c(F)cc(F)cc21. The summed E-state index contributed by atoms with van der Waals surface area (Å²) in [7, 11) is 1.82. The quantitative estimate of drug-likeness (QED) is 0.903. The molecule has 0 spiro atoms. The summed E-state index contributed by atoms with van der Waals surface area (Å²) in [6, 6.07) is 2.24. The number of rotatable bonds is 2. The number of piperidine rings is 1. The fraction of sp³-hybridized carbons (Fsp3) is 0.500. The van der Waals surface area contributed by atoms with Gasteiger partial charge >= 0.3 is 0 Å². The van der Waals surface area contributed by atoms with E-state index < -0.39 is 11.6 Å². The van der Waals surface area contributed by atoms with Crippen molar-refractivity contribution >= 4 is 11.0 Å². The second kappa shape index (κ2) is 4.89. The van der Waals surface area contributed by atoms with E-state index in [4.69, 9.17) is 0 Å². The highest BCUT2D eigenvalue weighted by atomic mass is 19.1. The number of hydrogen-bond donors (Lipinski definition) is 1. The molecule has 0 aliphatic carbocycles. The molecule has 1 aliphatic heterocycles. The van der Waals surface area contributed by atoms with Crippen LogP contribution in [0.2, 0.25) is 0 Å². The van der Waals surface area contributed by atoms with Gasteiger partial charge in [0.15, 0.2) is 5.82 Å². The zero-order valence-electron chi connectivity index (χ0n) is 10.9. The topological polar surface area (TPSA) is 29.9 Å². The molecule has 1 fully saturated rings. The maximum atomic E-state index is 13.7. The molecule has 2 aromatic rings. The van der Waals surface area contributed by atoms with Crippen LogP contribution < -0.4 is 5.32 Å². The van der Waals surface area contributed by atoms with Crippen LogP contribution in [-0.4, -0.2) is 22.6 Å². The van der Waals surface area contributed by atoms with Gasteiger partial charge in [-0.2, -0.15) is 0 Å². The summed E-state index contributed by atoms with van der Waals surface area (Å²) in [6.07, 6.45) is 3.05. The van der Waals surface area contributed by atoms with E-state index in [0.29, 0.717) is 11.4 Å². The normalized spacial score (nSPS) is 17.2. The molecule has 1 aromatic heterocycles. The molecule has 1 N–H and O–H groups in total. The molecule has 0 amide bonds. The molecular weight excluding hydrogens is 248 g/mol. The number of aromatic nitrogens is 2. The van der Waals surface area contributed by atoms with Crippen molar-refractivity contribution in [3.8, 4) is 0 Å². The number of imidazole rings is 1. The average Bonchev–Trinajstić information content (AvgIpc) is 2.69. The first-order chi connectivity index (χ1) is 9.15. The van der Waals surface area contributed by atoms with E-state index in [1.165, 1.54) is 6.07 Å². The number of nitrogens with zero attached hydrogens (tertiary/aromatic N) is 2. The van der Waals surface area contributed by atoms with Gasteiger partial charge in [-0.3, -0.25) is 0 Å². The van der Waals surface area contributed by atoms with Gasteiger partial charge < -0.3 is 9.88 Å². The molecule has 19 heavy (non-hydrogen) atoms. The average molecular weight is 265 g/mol. The van der Waals surface area contributed by atoms with Crippen molar-refractivity contribution in [3.05, 3.63) is 29.6 Å². The van der Waals surface area contributed by atoms with Gasteiger partial charge in [-0.25, -0.2) is 13.8 Å². The molecule has 5 heteroatoms. The Bertz CT molecular complexity index is 600. The third-order valence-electron chi connectivity index (χ3n) is 3.93. The Labute approximate surface area is 110 Å². The largest absolute Gasteiger partial charge is 0.331 e. The van der Waals surface area contributed by atoms with Gasteiger partial charge in [0.2, 0.25) is 0 Å². The van der Waals surface area contributed by atoms with E-state index in [0.717, 1.165) is 44.2 Å². The molecule has 0 atom stereocenters. The Morgan fingerprint density at radius 3 is 2.79 bits per heavy atom. The lowest BCUT2D eigenvalue weighted by molar-refractivity contribution is 0.365. The number of benzene rings is 1. The molecule has 1 saturated heterocycles. The van der Waals surface area contributed by atoms with Gasteiger partial charge in [0, 0.05) is 19.5 Å². The Morgan fingerprint density at radius 2 is 2.05 bits per heavy atom. The van der Waals surface area contributed by atoms with Crippen LogP contribution in [-0.2, 0) is 13.5 Å². The summed E-state index contributed by atoms with van der Waals surface area (Å²) in [5, 5.41) is 3.32. The van der Waals surface area contributed by atoms with Crippen LogP contribution in [0.15, 0.2) is 12.1 Å². The summed E-state index contributed by atoms with van der Waals surface area (Å²) in [5.41, 5.74) is 0.800. The Kier molecular flexibility index (Phi) is 3.22. The van der Waals surface area contributed by atoms with Crippen molar-refractivity contribution in [1.29, 1.82) is 0 Å². The predicted molar refractivity (Wildman–Crippen MR) is 69.9 cm³/mol. The first-order valence-corrected chi connectivity index (χ1v) is 6.66. The smallest absolute Gasteiger partial charge is 0.153 e. The highest BCUT2D eigenvalue weighted by Gasteiger charge is 2.18. The number of hydrogen-bond acceptors (Lipinski definition) is 2. The molecule has 0 radical (unpaired) electrons. The van der Waals surface area contributed by atoms with Crippen molar-refractivity contribution < 1.29 is 8.78 Å². The molecule has 0 saturated carbocycles. The first kappa shape index (κ1) is 12.5. The summed E-state index contributed by atoms with van der Waals surface area (Å²) in [6.45, 7) is 2.05. The van der Waals surface area contributed by atoms with Gasteiger partial charge in [0.25, 0.3) is 0 Å². The van der Waals surface area contributed by atoms with Crippen LogP contribution in [0.3, 0.4) is 0 Å². The minimum atomic E-state index is -0.581. The molecule has 2 heterocycles. The van der Waals surface area contributed by atoms with Crippen LogP contribution >= 0.6 is 0 Å². The standard InChI is InChI=1S/C14H17F2N3/c1-19-12-8-10(15)7-11(16)14(12)18-13(19)6-9-2-4-17-5-3-9/h7-9,17H,2-6H2,1H3. The van der Waals surface area contributed by atoms with Crippen LogP contribution in [0, 0.1) is 17.6 Å². The van der Waals surface area contributed by atoms with Gasteiger partial charge in [-0.15, -0.1) is 0 Å². The van der Waals surface area contributed by atoms with Crippen molar-refractivity contribution in [2.75, 3.05) is 13.1 Å². The van der Waals surface area contributed by atoms with E-state index in [2.05, 4.69) is 10.3 Å². The number of fused-ring (bicyclic) bond motifs is 1. The van der Waals surface area contributed by atoms with Gasteiger partial charge in [-0.05, 0) is 37.9 Å². The van der Waals surface area contributed by atoms with E-state index in [-0.39, 0.29) is 5.52 Å². The molecule has 3 rings (SSSR count). The van der Waals surface area contributed by atoms with E-state index in [9.17, 15) is 8.78 Å². The van der Waals surface area contributed by atoms with Crippen LogP contribution in [0.25, 0.3) is 11.0 Å². The first-order valence-electron chi connectivity index (χ1n) is 6.66. The second-order valence-corrected chi connectivity index (χ2v) is 5.24. The number of halogens is 2. The summed E-state index contributed by atoms with van der Waals surface area (Å²) in [5.74, 6) is 0.277. The summed E-state index contributed by atoms with van der Waals surface area (Å²) in [4.78, 5) is 4.35. The molecule has 0 unspecified atom stereocenters. The maximum Gasteiger partial charge on any atom is 0.153 e. The van der Waals surface area contributed by atoms with Crippen LogP contribution in [0.4, 0.5) is 8.78 Å². The number of nitrogens with one attached hydrogen (secondary N) is 1. The molecular formula is C14H17F2N3. The fourth-order valence-corrected chi connectivity index (χ4v) is 2.79. The van der Waals surface area contributed by atoms with Crippen molar-refractivity contribution in [2.45, 2.75) is 19.3 Å². The zero-order chi connectivity index (χ0) is 13.4. The molecule has 1 aliphatic rings. The predicted octanol–water partition coefficient (Wildman–Crippen LogP) is 2.39. The maximum absolute atomic E-state index is 13.7. The molecule has 3 nitrogen and oxygen atoms in total. The molecule has 102 valence electrons. The van der Waals surface area contributed by atoms with Crippen molar-refractivity contribution in [1.82, 2.24) is 14.9 Å². The highest BCUT2D eigenvalue weighted by molar-refractivity contribution is 5.76. The lowest BCUT2D eigenvalue weighted by Gasteiger charge is -2.22. The highest BCUT2D eigenvalue weighted by Crippen LogP contribution is 2.23. The summed E-state index contributed by atoms with van der Waals surface area (Å²) < 4.78 is 28.8. The van der Waals surface area contributed by atoms with Crippen LogP contribution in [0.5, 0.6) is 0 Å². The third-order valence-corrected chi connectivity index (χ3v) is 3.93. The Hall–Kier alpha value is -1.49. The molecule has 1 aromatic carbocycles. The van der Waals surface area contributed by atoms with Gasteiger partial charge in [0.1, 0.15) is 17.2 Å². The minimum absolute atomic E-state index is 0.271. The third kappa shape index (κ3) is 2.34. The van der Waals surface area contributed by atoms with Crippen molar-refractivity contribution in [2.24, 2.45) is 13.0 Å². The van der Waals surface area contributed by atoms with Crippen molar-refractivity contribution in [3.63, 3.8) is 0 Å². The lowest BCUT2D eigenvalue weighted by Crippen LogP contribution is -2.29. The van der Waals surface area contributed by atoms with Gasteiger partial charge in [-0.1, -0.05) is 0 Å². The second-order valence-electron chi connectivity index (χ2n) is 5.24. The Balaban J connectivity index is 1.95. The fourth-order valence-electron chi connectivity index (χ4n) is 2.79. The molecule has 0 bridgehead atoms. The van der Waals surface area contributed by atoms with E-state index in [1.54, 1.807) is 0 Å². The minimum Gasteiger partial charge on any atom is -0.331 e. The van der Waals surface area contributed by atoms with Crippen LogP contribution in [0.1, 0.15) is 18.7 Å². The number of aryl methyl sites for hydroxylation is 1. The lowest BCUT2D eigenvalue weighted by atomic mass is 9.94. The van der Waals surface area contributed by atoms with E-state index >= 15 is 0 Å². The van der Waals surface area contributed by atoms with Gasteiger partial charge in [0.05, 0.1) is 5.52 Å². The summed E-state index contributed by atoms with van der Waals surface area (Å²) >= 11 is 0. The Morgan fingerprint density at radius 1 is 1.32 bits per heavy atom. The monoisotopic (exact) mass is 265 g/mol.